The number of nitrogens with zero attached hydrogens (tertiary/aromatic N) is 1. The molecule has 0 aliphatic carbocycles. The number of ether oxygens (including phenoxy) is 1. The van der Waals surface area contributed by atoms with Gasteiger partial charge >= 0.3 is 0 Å². The number of hydrogen-bond acceptors (Lipinski definition) is 5. The molecular formula is C14H23N3O3. The summed E-state index contributed by atoms with van der Waals surface area (Å²) < 4.78 is 11.1. The van der Waals surface area contributed by atoms with E-state index in [0.717, 1.165) is 24.6 Å². The third kappa shape index (κ3) is 3.82. The maximum atomic E-state index is 11.7. The third-order valence-corrected chi connectivity index (χ3v) is 3.46. The zero-order valence-electron chi connectivity index (χ0n) is 12.1. The number of carbonyl (C=O) groups is 1. The number of carbonyl (C=O) groups excluding carboxylic acids is 1. The van der Waals surface area contributed by atoms with E-state index in [2.05, 4.69) is 10.2 Å². The summed E-state index contributed by atoms with van der Waals surface area (Å²) >= 11 is 0. The predicted octanol–water partition coefficient (Wildman–Crippen LogP) is 0.425. The van der Waals surface area contributed by atoms with E-state index in [1.54, 1.807) is 6.92 Å². The molecule has 1 fully saturated rings. The van der Waals surface area contributed by atoms with E-state index in [-0.39, 0.29) is 11.9 Å². The number of nitrogens with two attached hydrogens (primary N) is 1. The molecule has 2 atom stereocenters. The fraction of sp³-hybridized carbons (Fsp3) is 0.643. The van der Waals surface area contributed by atoms with Crippen molar-refractivity contribution in [3.05, 3.63) is 23.7 Å². The maximum Gasteiger partial charge on any atom is 0.236 e. The summed E-state index contributed by atoms with van der Waals surface area (Å²) in [6, 6.07) is 3.43. The molecule has 0 bridgehead atoms. The van der Waals surface area contributed by atoms with Crippen LogP contribution in [-0.4, -0.2) is 49.7 Å². The summed E-state index contributed by atoms with van der Waals surface area (Å²) in [5.41, 5.74) is 5.57. The molecule has 0 radical (unpaired) electrons. The van der Waals surface area contributed by atoms with E-state index in [4.69, 9.17) is 14.9 Å². The minimum atomic E-state index is -0.501. The molecule has 6 nitrogen and oxygen atoms in total. The average Bonchev–Trinajstić information content (AvgIpc) is 2.86. The van der Waals surface area contributed by atoms with E-state index < -0.39 is 6.04 Å². The van der Waals surface area contributed by atoms with Crippen LogP contribution in [0.3, 0.4) is 0 Å². The Morgan fingerprint density at radius 3 is 2.70 bits per heavy atom. The number of furan rings is 1. The molecular weight excluding hydrogens is 258 g/mol. The molecule has 1 aliphatic heterocycles. The van der Waals surface area contributed by atoms with E-state index >= 15 is 0 Å². The van der Waals surface area contributed by atoms with Gasteiger partial charge in [0.25, 0.3) is 0 Å². The van der Waals surface area contributed by atoms with Gasteiger partial charge in [-0.1, -0.05) is 0 Å². The Balaban J connectivity index is 2.05. The molecule has 3 N–H and O–H groups in total. The van der Waals surface area contributed by atoms with Crippen molar-refractivity contribution in [3.8, 4) is 0 Å². The minimum Gasteiger partial charge on any atom is -0.465 e. The van der Waals surface area contributed by atoms with Crippen LogP contribution in [-0.2, 0) is 9.53 Å². The summed E-state index contributed by atoms with van der Waals surface area (Å²) in [6.07, 6.45) is 0. The van der Waals surface area contributed by atoms with Crippen LogP contribution < -0.4 is 11.1 Å². The van der Waals surface area contributed by atoms with Crippen molar-refractivity contribution in [1.82, 2.24) is 10.2 Å². The molecule has 2 heterocycles. The van der Waals surface area contributed by atoms with Crippen molar-refractivity contribution < 1.29 is 13.9 Å². The molecule has 0 aromatic carbocycles. The minimum absolute atomic E-state index is 0.0234. The number of amides is 1. The van der Waals surface area contributed by atoms with Crippen LogP contribution in [0, 0.1) is 6.92 Å². The van der Waals surface area contributed by atoms with Crippen LogP contribution in [0.15, 0.2) is 16.5 Å². The normalized spacial score (nSPS) is 19.6. The summed E-state index contributed by atoms with van der Waals surface area (Å²) in [5.74, 6) is 1.60. The smallest absolute Gasteiger partial charge is 0.236 e. The Kier molecular flexibility index (Phi) is 5.17. The van der Waals surface area contributed by atoms with Crippen molar-refractivity contribution in [2.24, 2.45) is 5.73 Å². The lowest BCUT2D eigenvalue weighted by Crippen LogP contribution is -2.46. The molecule has 6 heteroatoms. The van der Waals surface area contributed by atoms with Gasteiger partial charge in [0, 0.05) is 19.6 Å². The molecule has 2 rings (SSSR count). The van der Waals surface area contributed by atoms with E-state index in [9.17, 15) is 4.79 Å². The third-order valence-electron chi connectivity index (χ3n) is 3.46. The van der Waals surface area contributed by atoms with Gasteiger partial charge in [0.05, 0.1) is 25.3 Å². The first kappa shape index (κ1) is 15.0. The van der Waals surface area contributed by atoms with Gasteiger partial charge in [0.15, 0.2) is 0 Å². The maximum absolute atomic E-state index is 11.7. The van der Waals surface area contributed by atoms with E-state index in [1.165, 1.54) is 0 Å². The Hall–Kier alpha value is -1.37. The zero-order valence-corrected chi connectivity index (χ0v) is 12.1. The molecule has 20 heavy (non-hydrogen) atoms. The van der Waals surface area contributed by atoms with Crippen LogP contribution in [0.5, 0.6) is 0 Å². The molecule has 1 amide bonds. The Morgan fingerprint density at radius 1 is 1.45 bits per heavy atom. The average molecular weight is 281 g/mol. The van der Waals surface area contributed by atoms with Gasteiger partial charge in [-0.15, -0.1) is 0 Å². The largest absolute Gasteiger partial charge is 0.465 e. The van der Waals surface area contributed by atoms with Crippen LogP contribution in [0.2, 0.25) is 0 Å². The van der Waals surface area contributed by atoms with Crippen LogP contribution in [0.1, 0.15) is 24.5 Å². The van der Waals surface area contributed by atoms with Gasteiger partial charge in [0.1, 0.15) is 11.5 Å². The van der Waals surface area contributed by atoms with Gasteiger partial charge < -0.3 is 20.2 Å². The van der Waals surface area contributed by atoms with Gasteiger partial charge in [-0.05, 0) is 26.0 Å². The van der Waals surface area contributed by atoms with Crippen molar-refractivity contribution in [2.75, 3.05) is 32.8 Å². The molecule has 1 saturated heterocycles. The van der Waals surface area contributed by atoms with Crippen LogP contribution in [0.25, 0.3) is 0 Å². The summed E-state index contributed by atoms with van der Waals surface area (Å²) in [4.78, 5) is 13.9. The van der Waals surface area contributed by atoms with Gasteiger partial charge in [0.2, 0.25) is 5.91 Å². The van der Waals surface area contributed by atoms with E-state index in [1.807, 2.05) is 19.1 Å². The monoisotopic (exact) mass is 281 g/mol. The number of aryl methyl sites for hydroxylation is 1. The SMILES string of the molecule is Cc1ccc(C(CNC(=O)[C@@H](C)N)N2CCOCC2)o1. The highest BCUT2D eigenvalue weighted by atomic mass is 16.5. The number of morpholine rings is 1. The Bertz CT molecular complexity index is 439. The van der Waals surface area contributed by atoms with E-state index in [0.29, 0.717) is 19.8 Å². The first-order chi connectivity index (χ1) is 9.58. The second-order valence-electron chi connectivity index (χ2n) is 5.15. The molecule has 0 spiro atoms. The summed E-state index contributed by atoms with van der Waals surface area (Å²) in [5, 5.41) is 2.88. The Morgan fingerprint density at radius 2 is 2.15 bits per heavy atom. The highest BCUT2D eigenvalue weighted by Crippen LogP contribution is 2.23. The standard InChI is InChI=1S/C14H23N3O3/c1-10-3-4-13(20-10)12(9-16-14(18)11(2)15)17-5-7-19-8-6-17/h3-4,11-12H,5-9,15H2,1-2H3,(H,16,18)/t11-,12?/m1/s1. The van der Waals surface area contributed by atoms with Crippen molar-refractivity contribution in [3.63, 3.8) is 0 Å². The second kappa shape index (κ2) is 6.88. The second-order valence-corrected chi connectivity index (χ2v) is 5.15. The van der Waals surface area contributed by atoms with Gasteiger partial charge in [-0.3, -0.25) is 9.69 Å². The van der Waals surface area contributed by atoms with Crippen molar-refractivity contribution >= 4 is 5.91 Å². The number of nitrogens with one attached hydrogen (secondary N) is 1. The molecule has 0 saturated carbocycles. The summed E-state index contributed by atoms with van der Waals surface area (Å²) in [7, 11) is 0. The first-order valence-electron chi connectivity index (χ1n) is 6.99. The topological polar surface area (TPSA) is 80.7 Å². The molecule has 1 aliphatic rings. The lowest BCUT2D eigenvalue weighted by molar-refractivity contribution is -0.122. The van der Waals surface area contributed by atoms with Crippen molar-refractivity contribution in [1.29, 1.82) is 0 Å². The lowest BCUT2D eigenvalue weighted by atomic mass is 10.1. The lowest BCUT2D eigenvalue weighted by Gasteiger charge is -2.33. The fourth-order valence-corrected chi connectivity index (χ4v) is 2.29. The molecule has 1 unspecified atom stereocenters. The Labute approximate surface area is 119 Å². The zero-order chi connectivity index (χ0) is 14.5. The van der Waals surface area contributed by atoms with Crippen LogP contribution >= 0.6 is 0 Å². The first-order valence-corrected chi connectivity index (χ1v) is 6.99. The van der Waals surface area contributed by atoms with Crippen molar-refractivity contribution in [2.45, 2.75) is 25.9 Å². The highest BCUT2D eigenvalue weighted by Gasteiger charge is 2.25. The van der Waals surface area contributed by atoms with Gasteiger partial charge in [-0.25, -0.2) is 0 Å². The number of rotatable bonds is 5. The quantitative estimate of drug-likeness (QED) is 0.818. The molecule has 1 aromatic rings. The number of hydrogen-bond donors (Lipinski definition) is 2. The summed E-state index contributed by atoms with van der Waals surface area (Å²) in [6.45, 7) is 7.16. The molecule has 1 aromatic heterocycles. The predicted molar refractivity (Wildman–Crippen MR) is 75.2 cm³/mol. The highest BCUT2D eigenvalue weighted by molar-refractivity contribution is 5.80. The molecule has 112 valence electrons. The fourth-order valence-electron chi connectivity index (χ4n) is 2.29. The van der Waals surface area contributed by atoms with Gasteiger partial charge in [-0.2, -0.15) is 0 Å². The van der Waals surface area contributed by atoms with Crippen LogP contribution in [0.4, 0.5) is 0 Å².